The molecule has 2 atom stereocenters. The number of fused-ring (bicyclic) bond motifs is 2. The second-order valence-corrected chi connectivity index (χ2v) is 8.48. The molecule has 2 aromatic heterocycles. The monoisotopic (exact) mass is 405 g/mol. The average molecular weight is 406 g/mol. The minimum atomic E-state index is -0.0475. The Bertz CT molecular complexity index is 1000. The Morgan fingerprint density at radius 3 is 2.97 bits per heavy atom. The lowest BCUT2D eigenvalue weighted by molar-refractivity contribution is -0.119. The molecule has 3 heterocycles. The van der Waals surface area contributed by atoms with Crippen molar-refractivity contribution >= 4 is 22.4 Å². The highest BCUT2D eigenvalue weighted by atomic mass is 32.1. The van der Waals surface area contributed by atoms with Gasteiger partial charge in [0.05, 0.1) is 18.3 Å². The molecule has 1 amide bonds. The first kappa shape index (κ1) is 18.3. The van der Waals surface area contributed by atoms with Crippen molar-refractivity contribution in [2.45, 2.75) is 44.1 Å². The van der Waals surface area contributed by atoms with Crippen molar-refractivity contribution in [2.75, 3.05) is 11.5 Å². The summed E-state index contributed by atoms with van der Waals surface area (Å²) in [6, 6.07) is 12.1. The predicted molar refractivity (Wildman–Crippen MR) is 113 cm³/mol. The van der Waals surface area contributed by atoms with Crippen LogP contribution >= 0.6 is 11.3 Å². The van der Waals surface area contributed by atoms with Crippen molar-refractivity contribution in [3.63, 3.8) is 0 Å². The number of nitrogens with zero attached hydrogens (tertiary/aromatic N) is 3. The highest BCUT2D eigenvalue weighted by Crippen LogP contribution is 2.40. The number of amides is 1. The minimum Gasteiger partial charge on any atom is -0.493 e. The molecular weight excluding hydrogens is 382 g/mol. The lowest BCUT2D eigenvalue weighted by Crippen LogP contribution is -2.38. The molecule has 148 valence electrons. The number of anilines is 1. The van der Waals surface area contributed by atoms with Crippen LogP contribution < -0.4 is 9.64 Å². The van der Waals surface area contributed by atoms with Gasteiger partial charge >= 0.3 is 0 Å². The highest BCUT2D eigenvalue weighted by Gasteiger charge is 2.35. The highest BCUT2D eigenvalue weighted by molar-refractivity contribution is 7.13. The van der Waals surface area contributed by atoms with Crippen LogP contribution in [0.4, 0.5) is 5.13 Å². The van der Waals surface area contributed by atoms with Crippen molar-refractivity contribution < 1.29 is 9.53 Å². The molecule has 1 aromatic carbocycles. The average Bonchev–Trinajstić information content (AvgIpc) is 3.29. The van der Waals surface area contributed by atoms with Gasteiger partial charge < -0.3 is 4.74 Å². The number of aryl methyl sites for hydroxylation is 1. The van der Waals surface area contributed by atoms with E-state index in [-0.39, 0.29) is 17.9 Å². The van der Waals surface area contributed by atoms with Gasteiger partial charge in [-0.3, -0.25) is 14.7 Å². The number of carbonyl (C=O) groups excluding carboxylic acids is 1. The van der Waals surface area contributed by atoms with Crippen LogP contribution in [-0.2, 0) is 11.2 Å². The summed E-state index contributed by atoms with van der Waals surface area (Å²) in [4.78, 5) is 24.7. The van der Waals surface area contributed by atoms with E-state index >= 15 is 0 Å². The van der Waals surface area contributed by atoms with Gasteiger partial charge in [-0.1, -0.05) is 24.3 Å². The number of hydrogen-bond acceptors (Lipinski definition) is 5. The first-order chi connectivity index (χ1) is 14.3. The predicted octanol–water partition coefficient (Wildman–Crippen LogP) is 4.91. The Hall–Kier alpha value is -2.73. The zero-order valence-corrected chi connectivity index (χ0v) is 17.0. The van der Waals surface area contributed by atoms with E-state index in [9.17, 15) is 4.79 Å². The molecule has 0 bridgehead atoms. The van der Waals surface area contributed by atoms with Gasteiger partial charge in [0, 0.05) is 24.2 Å². The van der Waals surface area contributed by atoms with Crippen molar-refractivity contribution in [1.29, 1.82) is 0 Å². The Morgan fingerprint density at radius 1 is 1.14 bits per heavy atom. The first-order valence-corrected chi connectivity index (χ1v) is 11.1. The van der Waals surface area contributed by atoms with Crippen LogP contribution in [0.2, 0.25) is 0 Å². The number of hydrogen-bond donors (Lipinski definition) is 0. The molecular formula is C23H23N3O2S. The Labute approximate surface area is 174 Å². The van der Waals surface area contributed by atoms with E-state index in [2.05, 4.69) is 22.1 Å². The summed E-state index contributed by atoms with van der Waals surface area (Å²) in [7, 11) is 0. The molecule has 0 unspecified atom stereocenters. The molecule has 6 heteroatoms. The van der Waals surface area contributed by atoms with E-state index in [0.29, 0.717) is 13.0 Å². The van der Waals surface area contributed by atoms with E-state index in [4.69, 9.17) is 4.74 Å². The van der Waals surface area contributed by atoms with Gasteiger partial charge in [-0.25, -0.2) is 4.98 Å². The molecule has 0 fully saturated rings. The Morgan fingerprint density at radius 2 is 2.07 bits per heavy atom. The molecule has 29 heavy (non-hydrogen) atoms. The number of benzene rings is 1. The van der Waals surface area contributed by atoms with Gasteiger partial charge in [0.1, 0.15) is 5.75 Å². The SMILES string of the molecule is O=C(C[C@H]1CCOc2ccccc21)N(c1nccs1)[C@@H]1CCCc2cccnc21. The van der Waals surface area contributed by atoms with E-state index in [1.165, 1.54) is 16.9 Å². The maximum Gasteiger partial charge on any atom is 0.230 e. The quantitative estimate of drug-likeness (QED) is 0.619. The number of ether oxygens (including phenoxy) is 1. The number of pyridine rings is 1. The molecule has 5 rings (SSSR count). The standard InChI is InChI=1S/C23H23N3O2S/c27-21(15-17-10-13-28-20-9-2-1-7-18(17)20)26(23-25-12-14-29-23)19-8-3-5-16-6-4-11-24-22(16)19/h1-2,4,6-7,9,11-12,14,17,19H,3,5,8,10,13,15H2/t17-,19-/m1/s1. The fraction of sp³-hybridized carbons (Fsp3) is 0.348. The summed E-state index contributed by atoms with van der Waals surface area (Å²) in [5.41, 5.74) is 3.40. The molecule has 0 saturated heterocycles. The fourth-order valence-corrected chi connectivity index (χ4v) is 5.23. The van der Waals surface area contributed by atoms with Crippen molar-refractivity contribution in [1.82, 2.24) is 9.97 Å². The zero-order chi connectivity index (χ0) is 19.6. The summed E-state index contributed by atoms with van der Waals surface area (Å²) in [6.45, 7) is 0.653. The molecule has 0 radical (unpaired) electrons. The summed E-state index contributed by atoms with van der Waals surface area (Å²) in [6.07, 6.45) is 7.90. The van der Waals surface area contributed by atoms with E-state index in [1.807, 2.05) is 40.7 Å². The van der Waals surface area contributed by atoms with Crippen LogP contribution in [0.15, 0.2) is 54.2 Å². The van der Waals surface area contributed by atoms with Crippen LogP contribution in [0.1, 0.15) is 54.5 Å². The molecule has 0 spiro atoms. The van der Waals surface area contributed by atoms with E-state index in [0.717, 1.165) is 47.8 Å². The topological polar surface area (TPSA) is 55.3 Å². The van der Waals surface area contributed by atoms with Gasteiger partial charge in [0.25, 0.3) is 0 Å². The lowest BCUT2D eigenvalue weighted by Gasteiger charge is -2.35. The third-order valence-electron chi connectivity index (χ3n) is 5.87. The van der Waals surface area contributed by atoms with Gasteiger partial charge in [0.15, 0.2) is 5.13 Å². The van der Waals surface area contributed by atoms with E-state index in [1.54, 1.807) is 6.20 Å². The van der Waals surface area contributed by atoms with Gasteiger partial charge in [-0.05, 0) is 54.9 Å². The normalized spacial score (nSPS) is 20.3. The van der Waals surface area contributed by atoms with Gasteiger partial charge in [-0.15, -0.1) is 11.3 Å². The third kappa shape index (κ3) is 3.53. The number of para-hydroxylation sites is 1. The first-order valence-electron chi connectivity index (χ1n) is 10.2. The number of thiazole rings is 1. The fourth-order valence-electron chi connectivity index (χ4n) is 4.52. The molecule has 1 aliphatic carbocycles. The molecule has 5 nitrogen and oxygen atoms in total. The van der Waals surface area contributed by atoms with Crippen molar-refractivity contribution in [2.24, 2.45) is 0 Å². The maximum atomic E-state index is 13.7. The van der Waals surface area contributed by atoms with Crippen LogP contribution in [0.25, 0.3) is 0 Å². The van der Waals surface area contributed by atoms with Crippen molar-refractivity contribution in [3.05, 3.63) is 71.0 Å². The number of aromatic nitrogens is 2. The summed E-state index contributed by atoms with van der Waals surface area (Å²) in [5.74, 6) is 1.19. The maximum absolute atomic E-state index is 13.7. The number of rotatable bonds is 4. The molecule has 1 aliphatic heterocycles. The van der Waals surface area contributed by atoms with Crippen LogP contribution in [0.5, 0.6) is 5.75 Å². The van der Waals surface area contributed by atoms with Crippen LogP contribution in [-0.4, -0.2) is 22.5 Å². The molecule has 0 saturated carbocycles. The molecule has 3 aromatic rings. The molecule has 2 aliphatic rings. The van der Waals surface area contributed by atoms with Crippen LogP contribution in [0.3, 0.4) is 0 Å². The lowest BCUT2D eigenvalue weighted by atomic mass is 9.88. The van der Waals surface area contributed by atoms with E-state index < -0.39 is 0 Å². The summed E-state index contributed by atoms with van der Waals surface area (Å²) in [5, 5.41) is 2.69. The Kier molecular flexibility index (Phi) is 5.02. The van der Waals surface area contributed by atoms with Crippen LogP contribution in [0, 0.1) is 0 Å². The second kappa shape index (κ2) is 7.95. The molecule has 0 N–H and O–H groups in total. The third-order valence-corrected chi connectivity index (χ3v) is 6.65. The summed E-state index contributed by atoms with van der Waals surface area (Å²) >= 11 is 1.52. The minimum absolute atomic E-state index is 0.0475. The van der Waals surface area contributed by atoms with Gasteiger partial charge in [-0.2, -0.15) is 0 Å². The largest absolute Gasteiger partial charge is 0.493 e. The van der Waals surface area contributed by atoms with Crippen molar-refractivity contribution in [3.8, 4) is 5.75 Å². The summed E-state index contributed by atoms with van der Waals surface area (Å²) < 4.78 is 5.79. The smallest absolute Gasteiger partial charge is 0.230 e. The number of carbonyl (C=O) groups is 1. The second-order valence-electron chi connectivity index (χ2n) is 7.61. The van der Waals surface area contributed by atoms with Gasteiger partial charge in [0.2, 0.25) is 5.91 Å². The zero-order valence-electron chi connectivity index (χ0n) is 16.2. The Balaban J connectivity index is 1.47.